The standard InChI is InChI=1S/C18H19NO4/c1-12(23-18(21)16-7-4-10-22-16)17(20)19-15-9-8-13-5-2-3-6-14(13)11-15/h2-3,5-6,8-9,11-12,16H,4,7,10H2,1H3,(H,19,20)/t12-,16-/m1/s1. The Morgan fingerprint density at radius 3 is 2.74 bits per heavy atom. The van der Waals surface area contributed by atoms with Crippen LogP contribution in [0.15, 0.2) is 42.5 Å². The molecule has 1 amide bonds. The number of amides is 1. The molecule has 0 aliphatic carbocycles. The molecule has 120 valence electrons. The molecule has 5 nitrogen and oxygen atoms in total. The lowest BCUT2D eigenvalue weighted by molar-refractivity contribution is -0.162. The molecule has 2 atom stereocenters. The molecule has 1 heterocycles. The van der Waals surface area contributed by atoms with Crippen LogP contribution in [0.25, 0.3) is 10.8 Å². The lowest BCUT2D eigenvalue weighted by Gasteiger charge is -2.16. The summed E-state index contributed by atoms with van der Waals surface area (Å²) < 4.78 is 10.4. The Labute approximate surface area is 134 Å². The third kappa shape index (κ3) is 3.68. The van der Waals surface area contributed by atoms with Gasteiger partial charge in [-0.1, -0.05) is 30.3 Å². The van der Waals surface area contributed by atoms with Crippen LogP contribution in [0.1, 0.15) is 19.8 Å². The zero-order chi connectivity index (χ0) is 16.2. The number of fused-ring (bicyclic) bond motifs is 1. The molecular formula is C18H19NO4. The molecule has 0 bridgehead atoms. The van der Waals surface area contributed by atoms with E-state index in [1.165, 1.54) is 0 Å². The molecule has 0 saturated carbocycles. The molecule has 1 aliphatic rings. The van der Waals surface area contributed by atoms with Crippen LogP contribution in [0.4, 0.5) is 5.69 Å². The number of rotatable bonds is 4. The molecule has 23 heavy (non-hydrogen) atoms. The van der Waals surface area contributed by atoms with Gasteiger partial charge in [0.05, 0.1) is 0 Å². The highest BCUT2D eigenvalue weighted by Crippen LogP contribution is 2.19. The van der Waals surface area contributed by atoms with Crippen molar-refractivity contribution in [2.45, 2.75) is 32.0 Å². The monoisotopic (exact) mass is 313 g/mol. The van der Waals surface area contributed by atoms with Gasteiger partial charge in [-0.05, 0) is 42.7 Å². The van der Waals surface area contributed by atoms with Crippen LogP contribution in [-0.2, 0) is 19.1 Å². The molecule has 2 aromatic rings. The molecular weight excluding hydrogens is 294 g/mol. The molecule has 0 aromatic heterocycles. The highest BCUT2D eigenvalue weighted by atomic mass is 16.6. The van der Waals surface area contributed by atoms with Crippen molar-refractivity contribution < 1.29 is 19.1 Å². The van der Waals surface area contributed by atoms with Gasteiger partial charge in [0.1, 0.15) is 0 Å². The van der Waals surface area contributed by atoms with E-state index in [0.29, 0.717) is 18.7 Å². The van der Waals surface area contributed by atoms with Crippen LogP contribution < -0.4 is 5.32 Å². The average Bonchev–Trinajstić information content (AvgIpc) is 3.09. The van der Waals surface area contributed by atoms with E-state index < -0.39 is 18.2 Å². The first-order valence-corrected chi connectivity index (χ1v) is 7.75. The fraction of sp³-hybridized carbons (Fsp3) is 0.333. The normalized spacial score (nSPS) is 18.6. The van der Waals surface area contributed by atoms with Crippen molar-refractivity contribution in [3.05, 3.63) is 42.5 Å². The van der Waals surface area contributed by atoms with Gasteiger partial charge in [-0.3, -0.25) is 4.79 Å². The van der Waals surface area contributed by atoms with Crippen LogP contribution in [0, 0.1) is 0 Å². The zero-order valence-corrected chi connectivity index (χ0v) is 13.0. The smallest absolute Gasteiger partial charge is 0.336 e. The highest BCUT2D eigenvalue weighted by Gasteiger charge is 2.28. The SMILES string of the molecule is C[C@@H](OC(=O)[C@H]1CCCO1)C(=O)Nc1ccc2ccccc2c1. The van der Waals surface area contributed by atoms with E-state index >= 15 is 0 Å². The summed E-state index contributed by atoms with van der Waals surface area (Å²) in [4.78, 5) is 24.0. The summed E-state index contributed by atoms with van der Waals surface area (Å²) in [5, 5.41) is 4.91. The summed E-state index contributed by atoms with van der Waals surface area (Å²) in [5.74, 6) is -0.824. The summed E-state index contributed by atoms with van der Waals surface area (Å²) in [7, 11) is 0. The van der Waals surface area contributed by atoms with E-state index in [-0.39, 0.29) is 5.91 Å². The van der Waals surface area contributed by atoms with Crippen LogP contribution in [0.5, 0.6) is 0 Å². The van der Waals surface area contributed by atoms with Crippen molar-refractivity contribution in [3.8, 4) is 0 Å². The molecule has 2 aromatic carbocycles. The van der Waals surface area contributed by atoms with Gasteiger partial charge in [0.15, 0.2) is 12.2 Å². The number of benzene rings is 2. The molecule has 3 rings (SSSR count). The maximum atomic E-state index is 12.2. The van der Waals surface area contributed by atoms with Crippen LogP contribution in [-0.4, -0.2) is 30.7 Å². The van der Waals surface area contributed by atoms with Gasteiger partial charge >= 0.3 is 5.97 Å². The molecule has 5 heteroatoms. The van der Waals surface area contributed by atoms with E-state index in [2.05, 4.69) is 5.32 Å². The fourth-order valence-electron chi connectivity index (χ4n) is 2.58. The Hall–Kier alpha value is -2.40. The van der Waals surface area contributed by atoms with Gasteiger partial charge in [0, 0.05) is 12.3 Å². The quantitative estimate of drug-likeness (QED) is 0.882. The Kier molecular flexibility index (Phi) is 4.57. The minimum Gasteiger partial charge on any atom is -0.451 e. The maximum absolute atomic E-state index is 12.2. The van der Waals surface area contributed by atoms with Crippen molar-refractivity contribution in [3.63, 3.8) is 0 Å². The van der Waals surface area contributed by atoms with Crippen molar-refractivity contribution in [1.29, 1.82) is 0 Å². The summed E-state index contributed by atoms with van der Waals surface area (Å²) >= 11 is 0. The zero-order valence-electron chi connectivity index (χ0n) is 13.0. The number of nitrogens with one attached hydrogen (secondary N) is 1. The molecule has 1 saturated heterocycles. The predicted octanol–water partition coefficient (Wildman–Crippen LogP) is 2.89. The van der Waals surface area contributed by atoms with Gasteiger partial charge in [-0.25, -0.2) is 4.79 Å². The summed E-state index contributed by atoms with van der Waals surface area (Å²) in [6.45, 7) is 2.13. The van der Waals surface area contributed by atoms with Crippen LogP contribution in [0.3, 0.4) is 0 Å². The minimum absolute atomic E-state index is 0.355. The molecule has 0 unspecified atom stereocenters. The van der Waals surface area contributed by atoms with Crippen LogP contribution >= 0.6 is 0 Å². The topological polar surface area (TPSA) is 64.6 Å². The summed E-state index contributed by atoms with van der Waals surface area (Å²) in [5.41, 5.74) is 0.675. The number of carbonyl (C=O) groups is 2. The Balaban J connectivity index is 1.61. The van der Waals surface area contributed by atoms with Gasteiger partial charge in [-0.15, -0.1) is 0 Å². The molecule has 1 aliphatic heterocycles. The first kappa shape index (κ1) is 15.5. The van der Waals surface area contributed by atoms with E-state index in [1.807, 2.05) is 42.5 Å². The second kappa shape index (κ2) is 6.79. The molecule has 0 spiro atoms. The number of anilines is 1. The van der Waals surface area contributed by atoms with Gasteiger partial charge < -0.3 is 14.8 Å². The predicted molar refractivity (Wildman–Crippen MR) is 87.1 cm³/mol. The number of hydrogen-bond donors (Lipinski definition) is 1. The second-order valence-electron chi connectivity index (χ2n) is 5.63. The van der Waals surface area contributed by atoms with E-state index in [0.717, 1.165) is 17.2 Å². The van der Waals surface area contributed by atoms with Gasteiger partial charge in [0.25, 0.3) is 5.91 Å². The Morgan fingerprint density at radius 2 is 2.00 bits per heavy atom. The van der Waals surface area contributed by atoms with Gasteiger partial charge in [0.2, 0.25) is 0 Å². The first-order chi connectivity index (χ1) is 11.1. The Morgan fingerprint density at radius 1 is 1.22 bits per heavy atom. The lowest BCUT2D eigenvalue weighted by Crippen LogP contribution is -2.33. The van der Waals surface area contributed by atoms with E-state index in [1.54, 1.807) is 6.92 Å². The molecule has 1 fully saturated rings. The van der Waals surface area contributed by atoms with E-state index in [4.69, 9.17) is 9.47 Å². The van der Waals surface area contributed by atoms with Crippen molar-refractivity contribution in [1.82, 2.24) is 0 Å². The second-order valence-corrected chi connectivity index (χ2v) is 5.63. The Bertz CT molecular complexity index is 722. The number of hydrogen-bond acceptors (Lipinski definition) is 4. The summed E-state index contributed by atoms with van der Waals surface area (Å²) in [6.07, 6.45) is 0.0963. The third-order valence-corrected chi connectivity index (χ3v) is 3.87. The van der Waals surface area contributed by atoms with Crippen molar-refractivity contribution in [2.75, 3.05) is 11.9 Å². The number of carbonyl (C=O) groups excluding carboxylic acids is 2. The third-order valence-electron chi connectivity index (χ3n) is 3.87. The average molecular weight is 313 g/mol. The highest BCUT2D eigenvalue weighted by molar-refractivity contribution is 5.97. The lowest BCUT2D eigenvalue weighted by atomic mass is 10.1. The minimum atomic E-state index is -0.863. The van der Waals surface area contributed by atoms with Crippen molar-refractivity contribution >= 4 is 28.3 Å². The maximum Gasteiger partial charge on any atom is 0.336 e. The van der Waals surface area contributed by atoms with Crippen molar-refractivity contribution in [2.24, 2.45) is 0 Å². The van der Waals surface area contributed by atoms with E-state index in [9.17, 15) is 9.59 Å². The first-order valence-electron chi connectivity index (χ1n) is 7.75. The van der Waals surface area contributed by atoms with Crippen LogP contribution in [0.2, 0.25) is 0 Å². The number of esters is 1. The fourth-order valence-corrected chi connectivity index (χ4v) is 2.58. The summed E-state index contributed by atoms with van der Waals surface area (Å²) in [6, 6.07) is 13.6. The molecule has 1 N–H and O–H groups in total. The number of ether oxygens (including phenoxy) is 2. The molecule has 0 radical (unpaired) electrons. The van der Waals surface area contributed by atoms with Gasteiger partial charge in [-0.2, -0.15) is 0 Å². The largest absolute Gasteiger partial charge is 0.451 e.